The molecule has 76 valence electrons. The van der Waals surface area contributed by atoms with Crippen LogP contribution in [-0.2, 0) is 4.74 Å². The van der Waals surface area contributed by atoms with E-state index in [1.165, 1.54) is 16.9 Å². The molecule has 4 nitrogen and oxygen atoms in total. The quantitative estimate of drug-likeness (QED) is 0.743. The highest BCUT2D eigenvalue weighted by atomic mass is 32.1. The van der Waals surface area contributed by atoms with Crippen LogP contribution in [0.3, 0.4) is 0 Å². The van der Waals surface area contributed by atoms with Crippen molar-refractivity contribution < 1.29 is 4.74 Å². The summed E-state index contributed by atoms with van der Waals surface area (Å²) in [6, 6.07) is 0. The van der Waals surface area contributed by atoms with Gasteiger partial charge in [0.15, 0.2) is 5.13 Å². The van der Waals surface area contributed by atoms with Crippen molar-refractivity contribution in [3.63, 3.8) is 0 Å². The summed E-state index contributed by atoms with van der Waals surface area (Å²) >= 11 is 1.47. The van der Waals surface area contributed by atoms with E-state index in [1.54, 1.807) is 6.20 Å². The topological polar surface area (TPSA) is 60.2 Å². The Morgan fingerprint density at radius 3 is 3.21 bits per heavy atom. The van der Waals surface area contributed by atoms with Crippen molar-refractivity contribution >= 4 is 21.5 Å². The summed E-state index contributed by atoms with van der Waals surface area (Å²) in [5.41, 5.74) is 6.95. The molecule has 1 aliphatic rings. The summed E-state index contributed by atoms with van der Waals surface area (Å²) in [6.45, 7) is 2.40. The van der Waals surface area contributed by atoms with Gasteiger partial charge in [0.25, 0.3) is 0 Å². The Morgan fingerprint density at radius 1 is 1.64 bits per heavy atom. The molecule has 0 radical (unpaired) electrons. The van der Waals surface area contributed by atoms with E-state index in [0.717, 1.165) is 36.3 Å². The predicted molar refractivity (Wildman–Crippen MR) is 58.5 cm³/mol. The molecule has 0 aromatic carbocycles. The van der Waals surface area contributed by atoms with E-state index >= 15 is 0 Å². The molecule has 5 heteroatoms. The third-order valence-electron chi connectivity index (χ3n) is 2.05. The van der Waals surface area contributed by atoms with E-state index in [9.17, 15) is 0 Å². The first-order chi connectivity index (χ1) is 6.84. The maximum atomic E-state index is 5.57. The van der Waals surface area contributed by atoms with Gasteiger partial charge in [0.2, 0.25) is 0 Å². The normalized spacial score (nSPS) is 16.4. The van der Waals surface area contributed by atoms with Crippen LogP contribution in [0.1, 0.15) is 6.42 Å². The third kappa shape index (κ3) is 2.46. The lowest BCUT2D eigenvalue weighted by atomic mass is 10.1. The van der Waals surface area contributed by atoms with E-state index in [2.05, 4.69) is 16.4 Å². The molecule has 3 N–H and O–H groups in total. The number of nitrogen functional groups attached to an aromatic ring is 1. The Bertz CT molecular complexity index is 335. The van der Waals surface area contributed by atoms with Gasteiger partial charge in [0.05, 0.1) is 19.4 Å². The average molecular weight is 211 g/mol. The summed E-state index contributed by atoms with van der Waals surface area (Å²) in [4.78, 5) is 4.12. The number of nitrogens with two attached hydrogens (primary N) is 1. The molecule has 0 saturated carbocycles. The first kappa shape index (κ1) is 9.48. The second-order valence-corrected chi connectivity index (χ2v) is 4.17. The van der Waals surface area contributed by atoms with Gasteiger partial charge in [-0.05, 0) is 6.42 Å². The van der Waals surface area contributed by atoms with Crippen molar-refractivity contribution in [2.75, 3.05) is 30.8 Å². The average Bonchev–Trinajstić information content (AvgIpc) is 2.63. The van der Waals surface area contributed by atoms with Crippen molar-refractivity contribution in [2.24, 2.45) is 0 Å². The highest BCUT2D eigenvalue weighted by Gasteiger charge is 2.04. The fourth-order valence-electron chi connectivity index (χ4n) is 1.28. The fourth-order valence-corrected chi connectivity index (χ4v) is 1.86. The zero-order valence-electron chi connectivity index (χ0n) is 7.82. The third-order valence-corrected chi connectivity index (χ3v) is 2.83. The molecule has 2 heterocycles. The molecule has 14 heavy (non-hydrogen) atoms. The van der Waals surface area contributed by atoms with E-state index in [0.29, 0.717) is 0 Å². The Kier molecular flexibility index (Phi) is 3.00. The Labute approximate surface area is 86.8 Å². The summed E-state index contributed by atoms with van der Waals surface area (Å²) in [6.07, 6.45) is 4.80. The van der Waals surface area contributed by atoms with Crippen molar-refractivity contribution in [3.05, 3.63) is 17.8 Å². The smallest absolute Gasteiger partial charge is 0.184 e. The number of rotatable bonds is 3. The molecule has 1 aromatic rings. The minimum Gasteiger partial charge on any atom is -0.389 e. The van der Waals surface area contributed by atoms with Crippen LogP contribution in [-0.4, -0.2) is 24.7 Å². The van der Waals surface area contributed by atoms with Crippen LogP contribution in [0.15, 0.2) is 17.8 Å². The van der Waals surface area contributed by atoms with Gasteiger partial charge in [0, 0.05) is 6.54 Å². The van der Waals surface area contributed by atoms with Crippen molar-refractivity contribution in [1.29, 1.82) is 0 Å². The van der Waals surface area contributed by atoms with Crippen LogP contribution in [0.2, 0.25) is 0 Å². The second kappa shape index (κ2) is 4.43. The molecule has 2 rings (SSSR count). The number of hydrogen-bond donors (Lipinski definition) is 2. The monoisotopic (exact) mass is 211 g/mol. The Hall–Kier alpha value is -1.07. The second-order valence-electron chi connectivity index (χ2n) is 3.11. The molecule has 0 atom stereocenters. The number of anilines is 2. The minimum absolute atomic E-state index is 0.733. The lowest BCUT2D eigenvalue weighted by Gasteiger charge is -2.13. The van der Waals surface area contributed by atoms with E-state index < -0.39 is 0 Å². The number of hydrogen-bond acceptors (Lipinski definition) is 5. The molecule has 0 amide bonds. The zero-order valence-corrected chi connectivity index (χ0v) is 8.64. The molecule has 0 fully saturated rings. The van der Waals surface area contributed by atoms with Crippen molar-refractivity contribution in [2.45, 2.75) is 6.42 Å². The lowest BCUT2D eigenvalue weighted by Crippen LogP contribution is -2.11. The largest absolute Gasteiger partial charge is 0.389 e. The fraction of sp³-hybridized carbons (Fsp3) is 0.444. The number of aromatic nitrogens is 1. The molecule has 0 spiro atoms. The molecule has 1 aliphatic heterocycles. The Morgan fingerprint density at radius 2 is 2.57 bits per heavy atom. The van der Waals surface area contributed by atoms with Crippen LogP contribution in [0.25, 0.3) is 0 Å². The lowest BCUT2D eigenvalue weighted by molar-refractivity contribution is 0.154. The first-order valence-electron chi connectivity index (χ1n) is 4.55. The van der Waals surface area contributed by atoms with E-state index in [1.807, 2.05) is 0 Å². The molecule has 0 aliphatic carbocycles. The highest BCUT2D eigenvalue weighted by molar-refractivity contribution is 7.19. The van der Waals surface area contributed by atoms with Gasteiger partial charge in [0.1, 0.15) is 5.00 Å². The number of thiazole rings is 1. The Balaban J connectivity index is 1.84. The van der Waals surface area contributed by atoms with Gasteiger partial charge in [-0.3, -0.25) is 0 Å². The van der Waals surface area contributed by atoms with E-state index in [4.69, 9.17) is 10.5 Å². The number of nitrogens with one attached hydrogen (secondary N) is 1. The SMILES string of the molecule is Nc1cnc(NCC2=CCOCC2)s1. The first-order valence-corrected chi connectivity index (χ1v) is 5.37. The number of nitrogens with zero attached hydrogens (tertiary/aromatic N) is 1. The number of ether oxygens (including phenoxy) is 1. The highest BCUT2D eigenvalue weighted by Crippen LogP contribution is 2.20. The summed E-state index contributed by atoms with van der Waals surface area (Å²) in [7, 11) is 0. The summed E-state index contributed by atoms with van der Waals surface area (Å²) in [5, 5.41) is 4.87. The van der Waals surface area contributed by atoms with Gasteiger partial charge in [-0.2, -0.15) is 0 Å². The molecule has 0 bridgehead atoms. The van der Waals surface area contributed by atoms with Crippen LogP contribution in [0, 0.1) is 0 Å². The molecular weight excluding hydrogens is 198 g/mol. The molecule has 0 unspecified atom stereocenters. The summed E-state index contributed by atoms with van der Waals surface area (Å²) in [5.74, 6) is 0. The van der Waals surface area contributed by atoms with Gasteiger partial charge >= 0.3 is 0 Å². The van der Waals surface area contributed by atoms with Crippen LogP contribution in [0.4, 0.5) is 10.1 Å². The van der Waals surface area contributed by atoms with Crippen LogP contribution >= 0.6 is 11.3 Å². The van der Waals surface area contributed by atoms with Gasteiger partial charge in [-0.15, -0.1) is 0 Å². The minimum atomic E-state index is 0.733. The van der Waals surface area contributed by atoms with Gasteiger partial charge in [-0.25, -0.2) is 4.98 Å². The standard InChI is InChI=1S/C9H13N3OS/c10-8-6-12-9(14-8)11-5-7-1-3-13-4-2-7/h1,6H,2-5,10H2,(H,11,12). The molecular formula is C9H13N3OS. The van der Waals surface area contributed by atoms with Gasteiger partial charge < -0.3 is 15.8 Å². The van der Waals surface area contributed by atoms with E-state index in [-0.39, 0.29) is 0 Å². The molecule has 0 saturated heterocycles. The van der Waals surface area contributed by atoms with Crippen molar-refractivity contribution in [3.8, 4) is 0 Å². The molecule has 1 aromatic heterocycles. The maximum absolute atomic E-state index is 5.57. The maximum Gasteiger partial charge on any atom is 0.184 e. The summed E-state index contributed by atoms with van der Waals surface area (Å²) < 4.78 is 5.22. The van der Waals surface area contributed by atoms with Crippen LogP contribution in [0.5, 0.6) is 0 Å². The zero-order chi connectivity index (χ0) is 9.80. The predicted octanol–water partition coefficient (Wildman–Crippen LogP) is 1.48. The van der Waals surface area contributed by atoms with Gasteiger partial charge in [-0.1, -0.05) is 23.0 Å². The van der Waals surface area contributed by atoms with Crippen molar-refractivity contribution in [1.82, 2.24) is 4.98 Å². The van der Waals surface area contributed by atoms with Crippen LogP contribution < -0.4 is 11.1 Å².